The normalized spacial score (nSPS) is 10.9. The molecule has 0 bridgehead atoms. The molecular weight excluding hydrogens is 331 g/mol. The van der Waals surface area contributed by atoms with Gasteiger partial charge in [0.2, 0.25) is 11.9 Å². The van der Waals surface area contributed by atoms with Gasteiger partial charge < -0.3 is 11.1 Å². The van der Waals surface area contributed by atoms with E-state index in [1.54, 1.807) is 12.1 Å². The van der Waals surface area contributed by atoms with Crippen LogP contribution >= 0.6 is 0 Å². The van der Waals surface area contributed by atoms with Crippen molar-refractivity contribution in [2.75, 3.05) is 17.6 Å². The molecule has 0 atom stereocenters. The summed E-state index contributed by atoms with van der Waals surface area (Å²) in [5.74, 6) is 0.774. The van der Waals surface area contributed by atoms with Crippen molar-refractivity contribution in [3.05, 3.63) is 71.8 Å². The summed E-state index contributed by atoms with van der Waals surface area (Å²) in [7, 11) is 0. The third-order valence-electron chi connectivity index (χ3n) is 3.86. The molecule has 0 fully saturated rings. The molecule has 0 saturated heterocycles. The topological polar surface area (TPSA) is 80.0 Å². The Bertz CT molecular complexity index is 838. The average molecular weight is 352 g/mol. The smallest absolute Gasteiger partial charge is 0.232 e. The van der Waals surface area contributed by atoms with Crippen molar-refractivity contribution in [1.29, 1.82) is 0 Å². The zero-order chi connectivity index (χ0) is 18.4. The molecule has 3 N–H and O–H groups in total. The van der Waals surface area contributed by atoms with Crippen LogP contribution in [0.2, 0.25) is 0 Å². The van der Waals surface area contributed by atoms with Crippen molar-refractivity contribution < 1.29 is 4.39 Å². The van der Waals surface area contributed by atoms with Crippen LogP contribution in [0.3, 0.4) is 0 Å². The highest BCUT2D eigenvalue weighted by Gasteiger charge is 2.10. The van der Waals surface area contributed by atoms with E-state index in [1.807, 2.05) is 18.2 Å². The van der Waals surface area contributed by atoms with Gasteiger partial charge in [-0.15, -0.1) is 0 Å². The lowest BCUT2D eigenvalue weighted by molar-refractivity contribution is 0.264. The molecule has 134 valence electrons. The third kappa shape index (κ3) is 4.97. The van der Waals surface area contributed by atoms with Crippen LogP contribution in [0.5, 0.6) is 0 Å². The van der Waals surface area contributed by atoms with Crippen molar-refractivity contribution in [2.45, 2.75) is 20.0 Å². The molecule has 0 spiro atoms. The maximum Gasteiger partial charge on any atom is 0.232 e. The van der Waals surface area contributed by atoms with E-state index in [4.69, 9.17) is 5.73 Å². The largest absolute Gasteiger partial charge is 0.368 e. The minimum absolute atomic E-state index is 0.148. The van der Waals surface area contributed by atoms with Gasteiger partial charge in [0.05, 0.1) is 6.54 Å². The second-order valence-electron chi connectivity index (χ2n) is 5.85. The lowest BCUT2D eigenvalue weighted by Crippen LogP contribution is -2.24. The van der Waals surface area contributed by atoms with Crippen molar-refractivity contribution in [3.8, 4) is 0 Å². The predicted octanol–water partition coefficient (Wildman–Crippen LogP) is 3.36. The number of rotatable bonds is 7. The molecule has 0 aliphatic carbocycles. The van der Waals surface area contributed by atoms with Gasteiger partial charge in [-0.2, -0.15) is 15.0 Å². The Morgan fingerprint density at radius 1 is 0.962 bits per heavy atom. The highest BCUT2D eigenvalue weighted by atomic mass is 19.1. The summed E-state index contributed by atoms with van der Waals surface area (Å²) in [6.45, 7) is 4.28. The molecule has 3 aromatic rings. The van der Waals surface area contributed by atoms with E-state index < -0.39 is 0 Å². The van der Waals surface area contributed by atoms with Crippen LogP contribution < -0.4 is 11.1 Å². The van der Waals surface area contributed by atoms with E-state index in [1.165, 1.54) is 17.7 Å². The van der Waals surface area contributed by atoms with Crippen LogP contribution in [-0.4, -0.2) is 26.4 Å². The molecule has 0 saturated carbocycles. The Balaban J connectivity index is 1.72. The Hall–Kier alpha value is -3.06. The Kier molecular flexibility index (Phi) is 5.70. The first kappa shape index (κ1) is 17.8. The minimum Gasteiger partial charge on any atom is -0.368 e. The first-order valence-corrected chi connectivity index (χ1v) is 8.41. The number of anilines is 3. The summed E-state index contributed by atoms with van der Waals surface area (Å²) < 4.78 is 13.0. The number of halogens is 1. The van der Waals surface area contributed by atoms with Gasteiger partial charge in [0.15, 0.2) is 0 Å². The van der Waals surface area contributed by atoms with Gasteiger partial charge in [-0.05, 0) is 36.4 Å². The van der Waals surface area contributed by atoms with Gasteiger partial charge >= 0.3 is 0 Å². The molecule has 0 radical (unpaired) electrons. The van der Waals surface area contributed by atoms with Crippen LogP contribution in [0.4, 0.5) is 22.0 Å². The van der Waals surface area contributed by atoms with E-state index in [2.05, 4.69) is 44.2 Å². The van der Waals surface area contributed by atoms with Gasteiger partial charge in [0.1, 0.15) is 11.6 Å². The van der Waals surface area contributed by atoms with Gasteiger partial charge in [-0.3, -0.25) is 4.90 Å². The summed E-state index contributed by atoms with van der Waals surface area (Å²) >= 11 is 0. The van der Waals surface area contributed by atoms with Gasteiger partial charge in [-0.25, -0.2) is 4.39 Å². The predicted molar refractivity (Wildman–Crippen MR) is 100 cm³/mol. The van der Waals surface area contributed by atoms with Gasteiger partial charge in [-0.1, -0.05) is 37.3 Å². The maximum absolute atomic E-state index is 13.0. The first-order valence-electron chi connectivity index (χ1n) is 8.41. The number of benzene rings is 2. The van der Waals surface area contributed by atoms with E-state index in [0.29, 0.717) is 24.0 Å². The Morgan fingerprint density at radius 3 is 2.38 bits per heavy atom. The number of nitrogens with one attached hydrogen (secondary N) is 1. The van der Waals surface area contributed by atoms with Crippen LogP contribution in [0.25, 0.3) is 0 Å². The summed E-state index contributed by atoms with van der Waals surface area (Å²) in [4.78, 5) is 15.0. The molecule has 7 heteroatoms. The minimum atomic E-state index is -0.300. The summed E-state index contributed by atoms with van der Waals surface area (Å²) in [5.41, 5.74) is 7.73. The van der Waals surface area contributed by atoms with Gasteiger partial charge in [0, 0.05) is 12.2 Å². The molecule has 0 amide bonds. The number of nitrogens with two attached hydrogens (primary N) is 1. The highest BCUT2D eigenvalue weighted by molar-refractivity contribution is 5.53. The molecule has 0 aliphatic rings. The van der Waals surface area contributed by atoms with Crippen LogP contribution in [-0.2, 0) is 13.1 Å². The van der Waals surface area contributed by atoms with Crippen LogP contribution in [0, 0.1) is 5.82 Å². The van der Waals surface area contributed by atoms with E-state index >= 15 is 0 Å². The van der Waals surface area contributed by atoms with E-state index in [9.17, 15) is 4.39 Å². The maximum atomic E-state index is 13.0. The second kappa shape index (κ2) is 8.35. The third-order valence-corrected chi connectivity index (χ3v) is 3.86. The molecule has 0 unspecified atom stereocenters. The zero-order valence-corrected chi connectivity index (χ0v) is 14.6. The molecule has 26 heavy (non-hydrogen) atoms. The standard InChI is InChI=1S/C19H21FN6/c1-2-26(12-14-6-4-3-5-7-14)13-17-23-18(21)25-19(24-17)22-16-10-8-15(20)9-11-16/h3-11H,2,12-13H2,1H3,(H3,21,22,23,24,25). The van der Waals surface area contributed by atoms with E-state index in [-0.39, 0.29) is 11.8 Å². The number of hydrogen-bond donors (Lipinski definition) is 2. The van der Waals surface area contributed by atoms with Crippen LogP contribution in [0.1, 0.15) is 18.3 Å². The monoisotopic (exact) mass is 352 g/mol. The molecule has 2 aromatic carbocycles. The Labute approximate surface area is 151 Å². The lowest BCUT2D eigenvalue weighted by atomic mass is 10.2. The fourth-order valence-electron chi connectivity index (χ4n) is 2.55. The molecular formula is C19H21FN6. The SMILES string of the molecule is CCN(Cc1ccccc1)Cc1nc(N)nc(Nc2ccc(F)cc2)n1. The van der Waals surface area contributed by atoms with Crippen molar-refractivity contribution in [1.82, 2.24) is 19.9 Å². The summed E-state index contributed by atoms with van der Waals surface area (Å²) in [6.07, 6.45) is 0. The lowest BCUT2D eigenvalue weighted by Gasteiger charge is -2.19. The average Bonchev–Trinajstić information content (AvgIpc) is 2.63. The summed E-state index contributed by atoms with van der Waals surface area (Å²) in [5, 5.41) is 3.03. The summed E-state index contributed by atoms with van der Waals surface area (Å²) in [6, 6.07) is 16.2. The van der Waals surface area contributed by atoms with E-state index in [0.717, 1.165) is 13.1 Å². The molecule has 1 heterocycles. The fourth-order valence-corrected chi connectivity index (χ4v) is 2.55. The fraction of sp³-hybridized carbons (Fsp3) is 0.211. The number of hydrogen-bond acceptors (Lipinski definition) is 6. The van der Waals surface area contributed by atoms with Crippen molar-refractivity contribution >= 4 is 17.6 Å². The molecule has 1 aromatic heterocycles. The Morgan fingerprint density at radius 2 is 1.69 bits per heavy atom. The second-order valence-corrected chi connectivity index (χ2v) is 5.85. The molecule has 0 aliphatic heterocycles. The number of aromatic nitrogens is 3. The molecule has 6 nitrogen and oxygen atoms in total. The zero-order valence-electron chi connectivity index (χ0n) is 14.6. The van der Waals surface area contributed by atoms with Crippen LogP contribution in [0.15, 0.2) is 54.6 Å². The number of nitrogen functional groups attached to an aromatic ring is 1. The molecule has 3 rings (SSSR count). The van der Waals surface area contributed by atoms with Crippen molar-refractivity contribution in [2.24, 2.45) is 0 Å². The first-order chi connectivity index (χ1) is 12.6. The highest BCUT2D eigenvalue weighted by Crippen LogP contribution is 2.15. The van der Waals surface area contributed by atoms with Gasteiger partial charge in [0.25, 0.3) is 0 Å². The number of nitrogens with zero attached hydrogens (tertiary/aromatic N) is 4. The quantitative estimate of drug-likeness (QED) is 0.679. The van der Waals surface area contributed by atoms with Crippen molar-refractivity contribution in [3.63, 3.8) is 0 Å².